The highest BCUT2D eigenvalue weighted by Gasteiger charge is 2.22. The third-order valence-corrected chi connectivity index (χ3v) is 4.03. The summed E-state index contributed by atoms with van der Waals surface area (Å²) >= 11 is 0. The SMILES string of the molecule is CCCC(C#N)N1CCN(CCc2cnn(C)c2)CC1. The molecule has 1 aliphatic heterocycles. The largest absolute Gasteiger partial charge is 0.300 e. The van der Waals surface area contributed by atoms with Crippen LogP contribution >= 0.6 is 0 Å². The topological polar surface area (TPSA) is 48.1 Å². The molecule has 1 saturated heterocycles. The van der Waals surface area contributed by atoms with Gasteiger partial charge in [0, 0.05) is 46.0 Å². The van der Waals surface area contributed by atoms with Gasteiger partial charge in [0.2, 0.25) is 0 Å². The van der Waals surface area contributed by atoms with Crippen molar-refractivity contribution < 1.29 is 0 Å². The average molecular weight is 275 g/mol. The molecule has 5 nitrogen and oxygen atoms in total. The van der Waals surface area contributed by atoms with Gasteiger partial charge >= 0.3 is 0 Å². The van der Waals surface area contributed by atoms with Crippen molar-refractivity contribution in [2.45, 2.75) is 32.2 Å². The zero-order chi connectivity index (χ0) is 14.4. The summed E-state index contributed by atoms with van der Waals surface area (Å²) in [5.41, 5.74) is 1.30. The molecule has 1 aliphatic rings. The lowest BCUT2D eigenvalue weighted by molar-refractivity contribution is 0.111. The van der Waals surface area contributed by atoms with Crippen LogP contribution in [-0.2, 0) is 13.5 Å². The first kappa shape index (κ1) is 15.0. The van der Waals surface area contributed by atoms with E-state index < -0.39 is 0 Å². The maximum absolute atomic E-state index is 9.22. The van der Waals surface area contributed by atoms with E-state index in [2.05, 4.69) is 34.1 Å². The first-order valence-corrected chi connectivity index (χ1v) is 7.56. The van der Waals surface area contributed by atoms with Crippen LogP contribution in [0.2, 0.25) is 0 Å². The molecule has 2 heterocycles. The van der Waals surface area contributed by atoms with Gasteiger partial charge in [0.1, 0.15) is 0 Å². The van der Waals surface area contributed by atoms with Crippen LogP contribution in [0.25, 0.3) is 0 Å². The Hall–Kier alpha value is -1.38. The molecular formula is C15H25N5. The molecule has 0 amide bonds. The van der Waals surface area contributed by atoms with Gasteiger partial charge in [0.15, 0.2) is 0 Å². The van der Waals surface area contributed by atoms with Gasteiger partial charge in [0.05, 0.1) is 18.3 Å². The number of piperazine rings is 1. The number of aryl methyl sites for hydroxylation is 1. The van der Waals surface area contributed by atoms with E-state index in [0.29, 0.717) is 0 Å². The third kappa shape index (κ3) is 4.06. The molecule has 0 saturated carbocycles. The first-order valence-electron chi connectivity index (χ1n) is 7.56. The predicted molar refractivity (Wildman–Crippen MR) is 79.2 cm³/mol. The van der Waals surface area contributed by atoms with Crippen molar-refractivity contribution in [3.8, 4) is 6.07 Å². The maximum atomic E-state index is 9.22. The number of hydrogen-bond acceptors (Lipinski definition) is 4. The number of aromatic nitrogens is 2. The van der Waals surface area contributed by atoms with E-state index in [1.54, 1.807) is 0 Å². The second kappa shape index (κ2) is 7.41. The van der Waals surface area contributed by atoms with E-state index in [1.807, 2.05) is 17.9 Å². The van der Waals surface area contributed by atoms with Crippen LogP contribution < -0.4 is 0 Å². The lowest BCUT2D eigenvalue weighted by Crippen LogP contribution is -2.50. The highest BCUT2D eigenvalue weighted by Crippen LogP contribution is 2.11. The fourth-order valence-corrected chi connectivity index (χ4v) is 2.79. The summed E-state index contributed by atoms with van der Waals surface area (Å²) in [6.45, 7) is 7.42. The molecule has 0 N–H and O–H groups in total. The summed E-state index contributed by atoms with van der Waals surface area (Å²) in [7, 11) is 1.96. The van der Waals surface area contributed by atoms with Gasteiger partial charge in [-0.3, -0.25) is 9.58 Å². The van der Waals surface area contributed by atoms with Crippen LogP contribution in [0.1, 0.15) is 25.3 Å². The van der Waals surface area contributed by atoms with Crippen LogP contribution in [0, 0.1) is 11.3 Å². The van der Waals surface area contributed by atoms with Crippen molar-refractivity contribution in [2.24, 2.45) is 7.05 Å². The minimum absolute atomic E-state index is 0.112. The molecule has 20 heavy (non-hydrogen) atoms. The van der Waals surface area contributed by atoms with Gasteiger partial charge in [-0.25, -0.2) is 0 Å². The molecule has 0 aromatic carbocycles. The molecule has 1 aromatic heterocycles. The zero-order valence-electron chi connectivity index (χ0n) is 12.6. The molecule has 0 aliphatic carbocycles. The highest BCUT2D eigenvalue weighted by molar-refractivity contribution is 5.04. The number of nitriles is 1. The van der Waals surface area contributed by atoms with Crippen molar-refractivity contribution in [1.29, 1.82) is 5.26 Å². The Morgan fingerprint density at radius 3 is 2.65 bits per heavy atom. The van der Waals surface area contributed by atoms with Crippen molar-refractivity contribution in [3.05, 3.63) is 18.0 Å². The molecular weight excluding hydrogens is 250 g/mol. The van der Waals surface area contributed by atoms with E-state index in [0.717, 1.165) is 52.0 Å². The van der Waals surface area contributed by atoms with Gasteiger partial charge in [-0.1, -0.05) is 13.3 Å². The first-order chi connectivity index (χ1) is 9.72. The smallest absolute Gasteiger partial charge is 0.0978 e. The molecule has 1 aromatic rings. The predicted octanol–water partition coefficient (Wildman–Crippen LogP) is 1.27. The van der Waals surface area contributed by atoms with Crippen LogP contribution in [0.4, 0.5) is 0 Å². The molecule has 0 radical (unpaired) electrons. The highest BCUT2D eigenvalue weighted by atomic mass is 15.3. The second-order valence-electron chi connectivity index (χ2n) is 5.58. The van der Waals surface area contributed by atoms with Gasteiger partial charge in [-0.2, -0.15) is 10.4 Å². The summed E-state index contributed by atoms with van der Waals surface area (Å²) < 4.78 is 1.86. The molecule has 1 unspecified atom stereocenters. The quantitative estimate of drug-likeness (QED) is 0.784. The Balaban J connectivity index is 1.72. The average Bonchev–Trinajstić information content (AvgIpc) is 2.89. The van der Waals surface area contributed by atoms with Gasteiger partial charge in [0.25, 0.3) is 0 Å². The Morgan fingerprint density at radius 1 is 1.35 bits per heavy atom. The molecule has 0 spiro atoms. The minimum atomic E-state index is 0.112. The third-order valence-electron chi connectivity index (χ3n) is 4.03. The van der Waals surface area contributed by atoms with Crippen LogP contribution in [0.3, 0.4) is 0 Å². The second-order valence-corrected chi connectivity index (χ2v) is 5.58. The lowest BCUT2D eigenvalue weighted by Gasteiger charge is -2.36. The van der Waals surface area contributed by atoms with Gasteiger partial charge in [-0.15, -0.1) is 0 Å². The van der Waals surface area contributed by atoms with E-state index in [9.17, 15) is 5.26 Å². The Labute approximate surface area is 121 Å². The summed E-state index contributed by atoms with van der Waals surface area (Å²) in [5, 5.41) is 13.4. The van der Waals surface area contributed by atoms with Crippen LogP contribution in [0.5, 0.6) is 0 Å². The zero-order valence-corrected chi connectivity index (χ0v) is 12.6. The minimum Gasteiger partial charge on any atom is -0.300 e. The van der Waals surface area contributed by atoms with E-state index >= 15 is 0 Å². The van der Waals surface area contributed by atoms with E-state index in [4.69, 9.17) is 0 Å². The van der Waals surface area contributed by atoms with Crippen LogP contribution in [-0.4, -0.2) is 58.3 Å². The van der Waals surface area contributed by atoms with Gasteiger partial charge < -0.3 is 4.90 Å². The molecule has 0 bridgehead atoms. The molecule has 2 rings (SSSR count). The Bertz CT molecular complexity index is 439. The summed E-state index contributed by atoms with van der Waals surface area (Å²) in [6, 6.07) is 2.56. The molecule has 1 fully saturated rings. The summed E-state index contributed by atoms with van der Waals surface area (Å²) in [5.74, 6) is 0. The van der Waals surface area contributed by atoms with E-state index in [-0.39, 0.29) is 6.04 Å². The van der Waals surface area contributed by atoms with Crippen molar-refractivity contribution in [2.75, 3.05) is 32.7 Å². The summed E-state index contributed by atoms with van der Waals surface area (Å²) in [4.78, 5) is 4.83. The van der Waals surface area contributed by atoms with E-state index in [1.165, 1.54) is 5.56 Å². The number of nitrogens with zero attached hydrogens (tertiary/aromatic N) is 5. The number of rotatable bonds is 6. The normalized spacial score (nSPS) is 18.9. The van der Waals surface area contributed by atoms with Crippen molar-refractivity contribution in [3.63, 3.8) is 0 Å². The fourth-order valence-electron chi connectivity index (χ4n) is 2.79. The Morgan fingerprint density at radius 2 is 2.10 bits per heavy atom. The molecule has 110 valence electrons. The monoisotopic (exact) mass is 275 g/mol. The Kier molecular flexibility index (Phi) is 5.57. The lowest BCUT2D eigenvalue weighted by atomic mass is 10.1. The fraction of sp³-hybridized carbons (Fsp3) is 0.733. The maximum Gasteiger partial charge on any atom is 0.0978 e. The van der Waals surface area contributed by atoms with Crippen LogP contribution in [0.15, 0.2) is 12.4 Å². The van der Waals surface area contributed by atoms with Gasteiger partial charge in [-0.05, 0) is 18.4 Å². The van der Waals surface area contributed by atoms with Crippen molar-refractivity contribution in [1.82, 2.24) is 19.6 Å². The van der Waals surface area contributed by atoms with Crippen molar-refractivity contribution >= 4 is 0 Å². The number of hydrogen-bond donors (Lipinski definition) is 0. The molecule has 1 atom stereocenters. The molecule has 5 heteroatoms. The standard InChI is InChI=1S/C15H25N5/c1-3-4-15(11-16)20-9-7-19(8-10-20)6-5-14-12-17-18(2)13-14/h12-13,15H,3-10H2,1-2H3. The summed E-state index contributed by atoms with van der Waals surface area (Å²) in [6.07, 6.45) is 7.17.